The number of hydrogen-bond donors (Lipinski definition) is 3. The Morgan fingerprint density at radius 3 is 2.26 bits per heavy atom. The van der Waals surface area contributed by atoms with E-state index >= 15 is 0 Å². The normalized spacial score (nSPS) is 11.5. The zero-order valence-electron chi connectivity index (χ0n) is 10.0. The Bertz CT molecular complexity index is 735. The van der Waals surface area contributed by atoms with Crippen molar-refractivity contribution in [2.45, 2.75) is 11.8 Å². The lowest BCUT2D eigenvalue weighted by Gasteiger charge is -2.10. The van der Waals surface area contributed by atoms with Crippen LogP contribution in [0.4, 0.5) is 0 Å². The van der Waals surface area contributed by atoms with Crippen molar-refractivity contribution in [3.63, 3.8) is 0 Å². The number of aromatic hydroxyl groups is 2. The monoisotopic (exact) mass is 280 g/mol. The molecule has 3 N–H and O–H groups in total. The second kappa shape index (κ2) is 4.56. The van der Waals surface area contributed by atoms with Gasteiger partial charge in [0.05, 0.1) is 0 Å². The molecule has 0 atom stereocenters. The van der Waals surface area contributed by atoms with Gasteiger partial charge in [0.15, 0.2) is 0 Å². The molecule has 0 fully saturated rings. The molecule has 0 unspecified atom stereocenters. The summed E-state index contributed by atoms with van der Waals surface area (Å²) in [6, 6.07) is 8.06. The lowest BCUT2D eigenvalue weighted by molar-refractivity contribution is 0.461. The van der Waals surface area contributed by atoms with Gasteiger partial charge in [-0.25, -0.2) is 0 Å². The van der Waals surface area contributed by atoms with Crippen LogP contribution in [0.5, 0.6) is 11.5 Å². The second-order valence-electron chi connectivity index (χ2n) is 4.18. The van der Waals surface area contributed by atoms with Crippen LogP contribution in [0.15, 0.2) is 41.3 Å². The molecule has 0 radical (unpaired) electrons. The van der Waals surface area contributed by atoms with Crippen molar-refractivity contribution in [3.05, 3.63) is 42.0 Å². The fourth-order valence-corrected chi connectivity index (χ4v) is 2.51. The van der Waals surface area contributed by atoms with Crippen LogP contribution in [0.25, 0.3) is 11.1 Å². The Kier molecular flexibility index (Phi) is 3.21. The van der Waals surface area contributed by atoms with Gasteiger partial charge < -0.3 is 10.2 Å². The molecule has 5 nitrogen and oxygen atoms in total. The second-order valence-corrected chi connectivity index (χ2v) is 5.57. The summed E-state index contributed by atoms with van der Waals surface area (Å²) in [5.41, 5.74) is 1.03. The smallest absolute Gasteiger partial charge is 0.295 e. The van der Waals surface area contributed by atoms with E-state index in [0.29, 0.717) is 0 Å². The van der Waals surface area contributed by atoms with Crippen LogP contribution >= 0.6 is 0 Å². The maximum atomic E-state index is 11.3. The molecule has 0 amide bonds. The summed E-state index contributed by atoms with van der Waals surface area (Å²) in [6.07, 6.45) is 0. The summed E-state index contributed by atoms with van der Waals surface area (Å²) >= 11 is 0. The van der Waals surface area contributed by atoms with Crippen LogP contribution in [0, 0.1) is 6.92 Å². The molecule has 2 aromatic carbocycles. The van der Waals surface area contributed by atoms with Crippen molar-refractivity contribution >= 4 is 10.1 Å². The molecule has 0 bridgehead atoms. The maximum Gasteiger partial charge on any atom is 0.295 e. The molecular weight excluding hydrogens is 268 g/mol. The minimum absolute atomic E-state index is 0.115. The average molecular weight is 280 g/mol. The van der Waals surface area contributed by atoms with Crippen LogP contribution in [-0.4, -0.2) is 23.2 Å². The first-order chi connectivity index (χ1) is 8.79. The number of rotatable bonds is 2. The molecule has 2 aromatic rings. The highest BCUT2D eigenvalue weighted by molar-refractivity contribution is 7.86. The van der Waals surface area contributed by atoms with Crippen molar-refractivity contribution in [3.8, 4) is 22.6 Å². The van der Waals surface area contributed by atoms with Gasteiger partial charge in [-0.15, -0.1) is 0 Å². The number of hydrogen-bond acceptors (Lipinski definition) is 4. The first-order valence-corrected chi connectivity index (χ1v) is 6.83. The summed E-state index contributed by atoms with van der Waals surface area (Å²) in [4.78, 5) is -0.320. The Hall–Kier alpha value is -2.05. The largest absolute Gasteiger partial charge is 0.508 e. The van der Waals surface area contributed by atoms with Gasteiger partial charge in [0.25, 0.3) is 10.1 Å². The minimum Gasteiger partial charge on any atom is -0.508 e. The third kappa shape index (κ3) is 2.69. The Morgan fingerprint density at radius 2 is 1.63 bits per heavy atom. The molecule has 100 valence electrons. The highest BCUT2D eigenvalue weighted by Crippen LogP contribution is 2.36. The Balaban J connectivity index is 2.81. The van der Waals surface area contributed by atoms with Crippen molar-refractivity contribution in [1.29, 1.82) is 0 Å². The third-order valence-electron chi connectivity index (χ3n) is 2.68. The summed E-state index contributed by atoms with van der Waals surface area (Å²) in [5.74, 6) is -0.302. The van der Waals surface area contributed by atoms with Gasteiger partial charge in [0, 0.05) is 11.1 Å². The average Bonchev–Trinajstić information content (AvgIpc) is 2.30. The van der Waals surface area contributed by atoms with Crippen LogP contribution in [-0.2, 0) is 10.1 Å². The van der Waals surface area contributed by atoms with Gasteiger partial charge >= 0.3 is 0 Å². The maximum absolute atomic E-state index is 11.3. The molecule has 0 saturated carbocycles. The minimum atomic E-state index is -4.42. The van der Waals surface area contributed by atoms with Gasteiger partial charge in [-0.1, -0.05) is 11.6 Å². The van der Waals surface area contributed by atoms with Crippen molar-refractivity contribution in [1.82, 2.24) is 0 Å². The van der Waals surface area contributed by atoms with Crippen LogP contribution in [0.1, 0.15) is 5.56 Å². The molecular formula is C13H12O5S. The Morgan fingerprint density at radius 1 is 0.947 bits per heavy atom. The zero-order chi connectivity index (χ0) is 14.2. The molecule has 0 aliphatic carbocycles. The molecule has 0 aliphatic heterocycles. The van der Waals surface area contributed by atoms with Gasteiger partial charge in [-0.05, 0) is 37.3 Å². The highest BCUT2D eigenvalue weighted by atomic mass is 32.2. The molecule has 19 heavy (non-hydrogen) atoms. The zero-order valence-corrected chi connectivity index (χ0v) is 10.8. The first-order valence-electron chi connectivity index (χ1n) is 5.39. The van der Waals surface area contributed by atoms with Crippen molar-refractivity contribution in [2.24, 2.45) is 0 Å². The van der Waals surface area contributed by atoms with E-state index in [1.165, 1.54) is 36.4 Å². The summed E-state index contributed by atoms with van der Waals surface area (Å²) in [6.45, 7) is 1.75. The number of benzene rings is 2. The summed E-state index contributed by atoms with van der Waals surface area (Å²) in [5, 5.41) is 19.2. The van der Waals surface area contributed by atoms with Gasteiger partial charge in [-0.3, -0.25) is 4.55 Å². The summed E-state index contributed by atoms with van der Waals surface area (Å²) < 4.78 is 31.9. The number of phenolic OH excluding ortho intramolecular Hbond substituents is 2. The van der Waals surface area contributed by atoms with Crippen molar-refractivity contribution in [2.75, 3.05) is 0 Å². The molecule has 0 aromatic heterocycles. The predicted octanol–water partition coefficient (Wildman–Crippen LogP) is 2.32. The predicted molar refractivity (Wildman–Crippen MR) is 69.8 cm³/mol. The highest BCUT2D eigenvalue weighted by Gasteiger charge is 2.19. The van der Waals surface area contributed by atoms with E-state index in [9.17, 15) is 23.2 Å². The lowest BCUT2D eigenvalue weighted by atomic mass is 10.0. The van der Waals surface area contributed by atoms with Gasteiger partial charge in [0.1, 0.15) is 16.4 Å². The molecule has 0 aliphatic rings. The van der Waals surface area contributed by atoms with Gasteiger partial charge in [0.2, 0.25) is 0 Å². The summed E-state index contributed by atoms with van der Waals surface area (Å²) in [7, 11) is -4.42. The molecule has 0 saturated heterocycles. The van der Waals surface area contributed by atoms with E-state index < -0.39 is 10.1 Å². The van der Waals surface area contributed by atoms with Crippen LogP contribution < -0.4 is 0 Å². The Labute approximate surface area is 110 Å². The van der Waals surface area contributed by atoms with Gasteiger partial charge in [-0.2, -0.15) is 8.42 Å². The lowest BCUT2D eigenvalue weighted by Crippen LogP contribution is -2.01. The van der Waals surface area contributed by atoms with E-state index in [1.807, 2.05) is 0 Å². The number of aryl methyl sites for hydroxylation is 1. The molecule has 2 rings (SSSR count). The van der Waals surface area contributed by atoms with Crippen LogP contribution in [0.2, 0.25) is 0 Å². The fourth-order valence-electron chi connectivity index (χ4n) is 1.82. The van der Waals surface area contributed by atoms with E-state index in [4.69, 9.17) is 0 Å². The SMILES string of the molecule is Cc1ccc(S(=O)(=O)O)c(-c2cc(O)ccc2O)c1. The van der Waals surface area contributed by atoms with E-state index in [0.717, 1.165) is 5.56 Å². The number of phenols is 2. The fraction of sp³-hybridized carbons (Fsp3) is 0.0769. The standard InChI is InChI=1S/C13H12O5S/c1-8-2-5-13(19(16,17)18)11(6-8)10-7-9(14)3-4-12(10)15/h2-7,14-15H,1H3,(H,16,17,18). The van der Waals surface area contributed by atoms with E-state index in [2.05, 4.69) is 0 Å². The molecule has 6 heteroatoms. The third-order valence-corrected chi connectivity index (χ3v) is 3.60. The van der Waals surface area contributed by atoms with E-state index in [1.54, 1.807) is 6.92 Å². The van der Waals surface area contributed by atoms with Crippen LogP contribution in [0.3, 0.4) is 0 Å². The molecule has 0 spiro atoms. The van der Waals surface area contributed by atoms with Crippen molar-refractivity contribution < 1.29 is 23.2 Å². The first kappa shape index (κ1) is 13.4. The molecule has 0 heterocycles. The quantitative estimate of drug-likeness (QED) is 0.579. The van der Waals surface area contributed by atoms with E-state index in [-0.39, 0.29) is 27.5 Å². The topological polar surface area (TPSA) is 94.8 Å².